The SMILES string of the molecule is O=C(COCCC1CCC1)c1ccc(Br)cc1. The van der Waals surface area contributed by atoms with E-state index in [1.165, 1.54) is 19.3 Å². The summed E-state index contributed by atoms with van der Waals surface area (Å²) in [6.07, 6.45) is 5.14. The maximum absolute atomic E-state index is 11.7. The first-order chi connectivity index (χ1) is 8.25. The van der Waals surface area contributed by atoms with Crippen LogP contribution in [0.25, 0.3) is 0 Å². The van der Waals surface area contributed by atoms with E-state index in [1.54, 1.807) is 0 Å². The van der Waals surface area contributed by atoms with Crippen LogP contribution in [0.4, 0.5) is 0 Å². The first kappa shape index (κ1) is 12.8. The normalized spacial score (nSPS) is 15.6. The van der Waals surface area contributed by atoms with Crippen molar-refractivity contribution in [1.82, 2.24) is 0 Å². The molecule has 0 aromatic heterocycles. The number of carbonyl (C=O) groups is 1. The Morgan fingerprint density at radius 1 is 1.29 bits per heavy atom. The largest absolute Gasteiger partial charge is 0.373 e. The summed E-state index contributed by atoms with van der Waals surface area (Å²) >= 11 is 3.35. The predicted molar refractivity (Wildman–Crippen MR) is 71.2 cm³/mol. The smallest absolute Gasteiger partial charge is 0.188 e. The van der Waals surface area contributed by atoms with Gasteiger partial charge >= 0.3 is 0 Å². The van der Waals surface area contributed by atoms with Crippen molar-refractivity contribution in [3.8, 4) is 0 Å². The molecule has 0 amide bonds. The third-order valence-corrected chi connectivity index (χ3v) is 3.82. The highest BCUT2D eigenvalue weighted by Crippen LogP contribution is 2.29. The second kappa shape index (κ2) is 6.31. The minimum absolute atomic E-state index is 0.0612. The molecule has 17 heavy (non-hydrogen) atoms. The van der Waals surface area contributed by atoms with Gasteiger partial charge in [-0.15, -0.1) is 0 Å². The number of hydrogen-bond acceptors (Lipinski definition) is 2. The molecule has 1 aromatic rings. The monoisotopic (exact) mass is 296 g/mol. The van der Waals surface area contributed by atoms with Gasteiger partial charge in [0, 0.05) is 16.6 Å². The molecule has 1 saturated carbocycles. The summed E-state index contributed by atoms with van der Waals surface area (Å²) in [6.45, 7) is 0.918. The fourth-order valence-corrected chi connectivity index (χ4v) is 2.18. The summed E-state index contributed by atoms with van der Waals surface area (Å²) in [5.41, 5.74) is 0.719. The Labute approximate surface area is 110 Å². The minimum atomic E-state index is 0.0612. The summed E-state index contributed by atoms with van der Waals surface area (Å²) in [7, 11) is 0. The molecule has 3 heteroatoms. The second-order valence-corrected chi connectivity index (χ2v) is 5.48. The molecule has 1 aliphatic carbocycles. The molecule has 0 radical (unpaired) electrons. The van der Waals surface area contributed by atoms with Crippen LogP contribution in [0.15, 0.2) is 28.7 Å². The van der Waals surface area contributed by atoms with Crippen molar-refractivity contribution in [3.05, 3.63) is 34.3 Å². The van der Waals surface area contributed by atoms with Crippen LogP contribution < -0.4 is 0 Å². The second-order valence-electron chi connectivity index (χ2n) is 4.57. The van der Waals surface area contributed by atoms with Gasteiger partial charge in [0.15, 0.2) is 5.78 Å². The van der Waals surface area contributed by atoms with E-state index < -0.39 is 0 Å². The first-order valence-electron chi connectivity index (χ1n) is 6.12. The van der Waals surface area contributed by atoms with E-state index in [0.717, 1.165) is 22.4 Å². The fourth-order valence-electron chi connectivity index (χ4n) is 1.92. The van der Waals surface area contributed by atoms with Gasteiger partial charge in [0.25, 0.3) is 0 Å². The van der Waals surface area contributed by atoms with Gasteiger partial charge in [-0.25, -0.2) is 0 Å². The zero-order chi connectivity index (χ0) is 12.1. The maximum atomic E-state index is 11.7. The van der Waals surface area contributed by atoms with Crippen molar-refractivity contribution in [2.75, 3.05) is 13.2 Å². The number of ether oxygens (including phenoxy) is 1. The van der Waals surface area contributed by atoms with E-state index in [1.807, 2.05) is 24.3 Å². The van der Waals surface area contributed by atoms with Gasteiger partial charge in [-0.1, -0.05) is 47.3 Å². The van der Waals surface area contributed by atoms with Gasteiger partial charge in [-0.05, 0) is 24.5 Å². The number of rotatable bonds is 6. The van der Waals surface area contributed by atoms with Crippen LogP contribution in [0.3, 0.4) is 0 Å². The molecular weight excluding hydrogens is 280 g/mol. The Kier molecular flexibility index (Phi) is 4.75. The van der Waals surface area contributed by atoms with Gasteiger partial charge in [0.2, 0.25) is 0 Å². The molecule has 92 valence electrons. The lowest BCUT2D eigenvalue weighted by atomic mass is 9.83. The first-order valence-corrected chi connectivity index (χ1v) is 6.91. The fraction of sp³-hybridized carbons (Fsp3) is 0.500. The Balaban J connectivity index is 1.67. The summed E-state index contributed by atoms with van der Waals surface area (Å²) in [5.74, 6) is 0.906. The van der Waals surface area contributed by atoms with Crippen molar-refractivity contribution < 1.29 is 9.53 Å². The molecule has 2 rings (SSSR count). The van der Waals surface area contributed by atoms with Gasteiger partial charge in [0.05, 0.1) is 0 Å². The van der Waals surface area contributed by atoms with E-state index in [4.69, 9.17) is 4.74 Å². The molecule has 2 nitrogen and oxygen atoms in total. The molecule has 0 unspecified atom stereocenters. The molecule has 0 aliphatic heterocycles. The highest BCUT2D eigenvalue weighted by molar-refractivity contribution is 9.10. The number of carbonyl (C=O) groups excluding carboxylic acids is 1. The summed E-state index contributed by atoms with van der Waals surface area (Å²) < 4.78 is 6.41. The van der Waals surface area contributed by atoms with Crippen molar-refractivity contribution in [1.29, 1.82) is 0 Å². The number of halogens is 1. The standard InChI is InChI=1S/C14H17BrO2/c15-13-6-4-12(5-7-13)14(16)10-17-9-8-11-2-1-3-11/h4-7,11H,1-3,8-10H2. The van der Waals surface area contributed by atoms with Gasteiger partial charge in [0.1, 0.15) is 6.61 Å². The molecule has 0 N–H and O–H groups in total. The van der Waals surface area contributed by atoms with Crippen molar-refractivity contribution in [2.24, 2.45) is 5.92 Å². The van der Waals surface area contributed by atoms with Crippen LogP contribution in [-0.2, 0) is 4.74 Å². The lowest BCUT2D eigenvalue weighted by molar-refractivity contribution is 0.0705. The predicted octanol–water partition coefficient (Wildman–Crippen LogP) is 3.84. The Bertz CT molecular complexity index is 368. The molecule has 0 spiro atoms. The zero-order valence-corrected chi connectivity index (χ0v) is 11.4. The average molecular weight is 297 g/mol. The number of hydrogen-bond donors (Lipinski definition) is 0. The van der Waals surface area contributed by atoms with Crippen molar-refractivity contribution in [2.45, 2.75) is 25.7 Å². The number of ketones is 1. The molecule has 0 atom stereocenters. The average Bonchev–Trinajstić information content (AvgIpc) is 2.27. The van der Waals surface area contributed by atoms with E-state index in [0.29, 0.717) is 6.61 Å². The quantitative estimate of drug-likeness (QED) is 0.589. The van der Waals surface area contributed by atoms with Crippen LogP contribution in [0.1, 0.15) is 36.0 Å². The van der Waals surface area contributed by atoms with Crippen LogP contribution in [0.2, 0.25) is 0 Å². The Morgan fingerprint density at radius 3 is 2.59 bits per heavy atom. The maximum Gasteiger partial charge on any atom is 0.188 e. The third kappa shape index (κ3) is 3.93. The van der Waals surface area contributed by atoms with Crippen LogP contribution in [-0.4, -0.2) is 19.0 Å². The van der Waals surface area contributed by atoms with Gasteiger partial charge < -0.3 is 4.74 Å². The third-order valence-electron chi connectivity index (χ3n) is 3.29. The lowest BCUT2D eigenvalue weighted by Crippen LogP contribution is -2.16. The molecule has 1 aromatic carbocycles. The topological polar surface area (TPSA) is 26.3 Å². The highest BCUT2D eigenvalue weighted by atomic mass is 79.9. The lowest BCUT2D eigenvalue weighted by Gasteiger charge is -2.24. The van der Waals surface area contributed by atoms with Crippen LogP contribution in [0.5, 0.6) is 0 Å². The van der Waals surface area contributed by atoms with E-state index >= 15 is 0 Å². The van der Waals surface area contributed by atoms with Crippen molar-refractivity contribution >= 4 is 21.7 Å². The summed E-state index contributed by atoms with van der Waals surface area (Å²) in [6, 6.07) is 7.40. The summed E-state index contributed by atoms with van der Waals surface area (Å²) in [5, 5.41) is 0. The molecular formula is C14H17BrO2. The van der Waals surface area contributed by atoms with Crippen LogP contribution in [0, 0.1) is 5.92 Å². The zero-order valence-electron chi connectivity index (χ0n) is 9.82. The molecule has 0 saturated heterocycles. The summed E-state index contributed by atoms with van der Waals surface area (Å²) in [4.78, 5) is 11.7. The van der Waals surface area contributed by atoms with Crippen LogP contribution >= 0.6 is 15.9 Å². The van der Waals surface area contributed by atoms with E-state index in [2.05, 4.69) is 15.9 Å². The van der Waals surface area contributed by atoms with Crippen molar-refractivity contribution in [3.63, 3.8) is 0 Å². The molecule has 1 fully saturated rings. The van der Waals surface area contributed by atoms with Gasteiger partial charge in [-0.2, -0.15) is 0 Å². The minimum Gasteiger partial charge on any atom is -0.373 e. The highest BCUT2D eigenvalue weighted by Gasteiger charge is 2.16. The van der Waals surface area contributed by atoms with Gasteiger partial charge in [-0.3, -0.25) is 4.79 Å². The Hall–Kier alpha value is -0.670. The molecule has 0 bridgehead atoms. The van der Waals surface area contributed by atoms with E-state index in [9.17, 15) is 4.79 Å². The number of benzene rings is 1. The Morgan fingerprint density at radius 2 is 2.00 bits per heavy atom. The molecule has 0 heterocycles. The number of Topliss-reactive ketones (excluding diaryl/α,β-unsaturated/α-hetero) is 1. The molecule has 1 aliphatic rings. The van der Waals surface area contributed by atoms with E-state index in [-0.39, 0.29) is 12.4 Å².